The first-order valence-electron chi connectivity index (χ1n) is 5.56. The van der Waals surface area contributed by atoms with Crippen molar-refractivity contribution < 1.29 is 19.1 Å². The van der Waals surface area contributed by atoms with Gasteiger partial charge in [0.05, 0.1) is 11.4 Å². The van der Waals surface area contributed by atoms with E-state index in [9.17, 15) is 14.0 Å². The van der Waals surface area contributed by atoms with E-state index in [2.05, 4.69) is 5.32 Å². The summed E-state index contributed by atoms with van der Waals surface area (Å²) in [5.74, 6) is -1.83. The van der Waals surface area contributed by atoms with Crippen LogP contribution >= 0.6 is 23.1 Å². The van der Waals surface area contributed by atoms with Crippen molar-refractivity contribution in [1.82, 2.24) is 0 Å². The third kappa shape index (κ3) is 3.58. The van der Waals surface area contributed by atoms with Crippen molar-refractivity contribution in [3.05, 3.63) is 46.4 Å². The number of thiophene rings is 1. The van der Waals surface area contributed by atoms with Gasteiger partial charge >= 0.3 is 5.97 Å². The van der Waals surface area contributed by atoms with Gasteiger partial charge in [0.15, 0.2) is 0 Å². The van der Waals surface area contributed by atoms with Crippen LogP contribution in [0.25, 0.3) is 0 Å². The van der Waals surface area contributed by atoms with Crippen LogP contribution in [0.3, 0.4) is 0 Å². The Kier molecular flexibility index (Phi) is 4.75. The van der Waals surface area contributed by atoms with Gasteiger partial charge < -0.3 is 10.4 Å². The van der Waals surface area contributed by atoms with Crippen LogP contribution in [0.5, 0.6) is 0 Å². The number of aromatic carboxylic acids is 1. The molecular weight excluding hydrogens is 301 g/mol. The van der Waals surface area contributed by atoms with Crippen LogP contribution < -0.4 is 5.32 Å². The minimum atomic E-state index is -1.09. The summed E-state index contributed by atoms with van der Waals surface area (Å²) in [4.78, 5) is 23.1. The van der Waals surface area contributed by atoms with E-state index in [0.717, 1.165) is 23.1 Å². The van der Waals surface area contributed by atoms with E-state index in [1.54, 1.807) is 23.6 Å². The number of hydrogen-bond acceptors (Lipinski definition) is 4. The first kappa shape index (κ1) is 14.5. The number of carbonyl (C=O) groups excluding carboxylic acids is 1. The van der Waals surface area contributed by atoms with E-state index in [1.165, 1.54) is 12.1 Å². The topological polar surface area (TPSA) is 66.4 Å². The molecule has 0 aliphatic rings. The standard InChI is InChI=1S/C13H10FNO3S2/c14-8-3-1-2-4-10(8)20-7-11(16)15-9-5-6-19-12(9)13(17)18/h1-6H,7H2,(H,15,16)(H,17,18). The van der Waals surface area contributed by atoms with Gasteiger partial charge in [0.1, 0.15) is 10.7 Å². The van der Waals surface area contributed by atoms with Crippen LogP contribution in [0.4, 0.5) is 10.1 Å². The molecule has 1 amide bonds. The van der Waals surface area contributed by atoms with Gasteiger partial charge in [-0.3, -0.25) is 4.79 Å². The third-order valence-electron chi connectivity index (χ3n) is 2.33. The fourth-order valence-electron chi connectivity index (χ4n) is 1.46. The maximum absolute atomic E-state index is 13.4. The van der Waals surface area contributed by atoms with E-state index in [0.29, 0.717) is 4.90 Å². The molecule has 20 heavy (non-hydrogen) atoms. The van der Waals surface area contributed by atoms with Crippen LogP contribution in [-0.2, 0) is 4.79 Å². The summed E-state index contributed by atoms with van der Waals surface area (Å²) in [6, 6.07) is 7.69. The van der Waals surface area contributed by atoms with E-state index in [1.807, 2.05) is 0 Å². The predicted molar refractivity (Wildman–Crippen MR) is 77.0 cm³/mol. The van der Waals surface area contributed by atoms with Crippen LogP contribution in [0, 0.1) is 5.82 Å². The Labute approximate surface area is 122 Å². The Hall–Kier alpha value is -1.86. The Morgan fingerprint density at radius 2 is 2.05 bits per heavy atom. The second kappa shape index (κ2) is 6.53. The molecule has 2 aromatic rings. The van der Waals surface area contributed by atoms with Crippen LogP contribution in [0.15, 0.2) is 40.6 Å². The monoisotopic (exact) mass is 311 g/mol. The number of hydrogen-bond donors (Lipinski definition) is 2. The first-order chi connectivity index (χ1) is 9.58. The van der Waals surface area contributed by atoms with Gasteiger partial charge in [-0.05, 0) is 23.6 Å². The second-order valence-electron chi connectivity index (χ2n) is 3.74. The molecule has 7 heteroatoms. The number of anilines is 1. The van der Waals surface area contributed by atoms with Crippen molar-refractivity contribution in [1.29, 1.82) is 0 Å². The van der Waals surface area contributed by atoms with Crippen LogP contribution in [-0.4, -0.2) is 22.7 Å². The molecule has 0 radical (unpaired) electrons. The lowest BCUT2D eigenvalue weighted by Crippen LogP contribution is -2.15. The number of thioether (sulfide) groups is 1. The molecule has 4 nitrogen and oxygen atoms in total. The molecule has 104 valence electrons. The van der Waals surface area contributed by atoms with Gasteiger partial charge in [-0.25, -0.2) is 9.18 Å². The largest absolute Gasteiger partial charge is 0.477 e. The Bertz CT molecular complexity index is 642. The number of carboxylic acids is 1. The van der Waals surface area contributed by atoms with E-state index >= 15 is 0 Å². The second-order valence-corrected chi connectivity index (χ2v) is 5.67. The molecule has 0 fully saturated rings. The fourth-order valence-corrected chi connectivity index (χ4v) is 2.89. The molecule has 1 heterocycles. The highest BCUT2D eigenvalue weighted by atomic mass is 32.2. The normalized spacial score (nSPS) is 10.2. The Morgan fingerprint density at radius 3 is 2.75 bits per heavy atom. The molecule has 0 unspecified atom stereocenters. The van der Waals surface area contributed by atoms with Gasteiger partial charge in [-0.1, -0.05) is 12.1 Å². The summed E-state index contributed by atoms with van der Waals surface area (Å²) in [6.45, 7) is 0. The van der Waals surface area contributed by atoms with Crippen LogP contribution in [0.1, 0.15) is 9.67 Å². The number of nitrogens with one attached hydrogen (secondary N) is 1. The Morgan fingerprint density at radius 1 is 1.30 bits per heavy atom. The SMILES string of the molecule is O=C(CSc1ccccc1F)Nc1ccsc1C(=O)O. The highest BCUT2D eigenvalue weighted by Gasteiger charge is 2.14. The lowest BCUT2D eigenvalue weighted by Gasteiger charge is -2.05. The van der Waals surface area contributed by atoms with Gasteiger partial charge in [-0.15, -0.1) is 23.1 Å². The molecule has 2 N–H and O–H groups in total. The number of amides is 1. The van der Waals surface area contributed by atoms with Crippen molar-refractivity contribution in [2.45, 2.75) is 4.90 Å². The highest BCUT2D eigenvalue weighted by molar-refractivity contribution is 8.00. The smallest absolute Gasteiger partial charge is 0.348 e. The molecule has 2 rings (SSSR count). The quantitative estimate of drug-likeness (QED) is 0.831. The summed E-state index contributed by atoms with van der Waals surface area (Å²) < 4.78 is 13.4. The number of carbonyl (C=O) groups is 2. The maximum Gasteiger partial charge on any atom is 0.348 e. The average Bonchev–Trinajstić information content (AvgIpc) is 2.86. The molecule has 0 saturated heterocycles. The molecule has 0 spiro atoms. The van der Waals surface area contributed by atoms with Crippen molar-refractivity contribution in [2.75, 3.05) is 11.1 Å². The highest BCUT2D eigenvalue weighted by Crippen LogP contribution is 2.24. The number of carboxylic acid groups (broad SMARTS) is 1. The van der Waals surface area contributed by atoms with Gasteiger partial charge in [-0.2, -0.15) is 0 Å². The molecule has 1 aromatic carbocycles. The van der Waals surface area contributed by atoms with E-state index < -0.39 is 5.97 Å². The third-order valence-corrected chi connectivity index (χ3v) is 4.28. The molecule has 1 aromatic heterocycles. The molecule has 0 aliphatic heterocycles. The van der Waals surface area contributed by atoms with Crippen molar-refractivity contribution in [3.8, 4) is 0 Å². The van der Waals surface area contributed by atoms with E-state index in [4.69, 9.17) is 5.11 Å². The van der Waals surface area contributed by atoms with Crippen molar-refractivity contribution in [3.63, 3.8) is 0 Å². The predicted octanol–water partition coefficient (Wildman–Crippen LogP) is 3.32. The average molecular weight is 311 g/mol. The molecule has 0 saturated carbocycles. The Balaban J connectivity index is 1.95. The van der Waals surface area contributed by atoms with Crippen molar-refractivity contribution >= 4 is 40.7 Å². The van der Waals surface area contributed by atoms with Crippen molar-refractivity contribution in [2.24, 2.45) is 0 Å². The zero-order valence-corrected chi connectivity index (χ0v) is 11.8. The van der Waals surface area contributed by atoms with E-state index in [-0.39, 0.29) is 28.0 Å². The van der Waals surface area contributed by atoms with Gasteiger partial charge in [0.25, 0.3) is 0 Å². The molecule has 0 aliphatic carbocycles. The van der Waals surface area contributed by atoms with Gasteiger partial charge in [0, 0.05) is 4.90 Å². The zero-order valence-electron chi connectivity index (χ0n) is 10.1. The first-order valence-corrected chi connectivity index (χ1v) is 7.42. The summed E-state index contributed by atoms with van der Waals surface area (Å²) >= 11 is 2.10. The summed E-state index contributed by atoms with van der Waals surface area (Å²) in [5.41, 5.74) is 0.265. The number of benzene rings is 1. The summed E-state index contributed by atoms with van der Waals surface area (Å²) in [5, 5.41) is 13.0. The number of halogens is 1. The van der Waals surface area contributed by atoms with Crippen LogP contribution in [0.2, 0.25) is 0 Å². The number of rotatable bonds is 5. The minimum absolute atomic E-state index is 0.00976. The molecule has 0 atom stereocenters. The lowest BCUT2D eigenvalue weighted by atomic mass is 10.3. The minimum Gasteiger partial charge on any atom is -0.477 e. The maximum atomic E-state index is 13.4. The molecule has 0 bridgehead atoms. The summed E-state index contributed by atoms with van der Waals surface area (Å²) in [6.07, 6.45) is 0. The van der Waals surface area contributed by atoms with Gasteiger partial charge in [0.2, 0.25) is 5.91 Å². The fraction of sp³-hybridized carbons (Fsp3) is 0.0769. The molecular formula is C13H10FNO3S2. The lowest BCUT2D eigenvalue weighted by molar-refractivity contribution is -0.113. The zero-order chi connectivity index (χ0) is 14.5. The summed E-state index contributed by atoms with van der Waals surface area (Å²) in [7, 11) is 0.